The highest BCUT2D eigenvalue weighted by molar-refractivity contribution is 5.33. The SMILES string of the molecule is CC(C)N1CCC(N2CCN(Cc3cccc(Oc4ccccc4)c3)C[C@H]2CCO)CC1. The molecule has 0 spiro atoms. The number of ether oxygens (including phenoxy) is 1. The zero-order valence-corrected chi connectivity index (χ0v) is 19.7. The van der Waals surface area contributed by atoms with Gasteiger partial charge in [-0.3, -0.25) is 9.80 Å². The van der Waals surface area contributed by atoms with Crippen LogP contribution in [0.5, 0.6) is 11.5 Å². The number of benzene rings is 2. The van der Waals surface area contributed by atoms with E-state index in [1.54, 1.807) is 0 Å². The molecule has 2 aliphatic rings. The molecule has 5 nitrogen and oxygen atoms in total. The van der Waals surface area contributed by atoms with Crippen molar-refractivity contribution in [2.24, 2.45) is 0 Å². The lowest BCUT2D eigenvalue weighted by Gasteiger charge is -2.48. The summed E-state index contributed by atoms with van der Waals surface area (Å²) < 4.78 is 6.03. The van der Waals surface area contributed by atoms with Gasteiger partial charge >= 0.3 is 0 Å². The lowest BCUT2D eigenvalue weighted by molar-refractivity contribution is -0.0000365. The topological polar surface area (TPSA) is 39.2 Å². The number of hydrogen-bond acceptors (Lipinski definition) is 5. The Hall–Kier alpha value is -1.92. The molecule has 32 heavy (non-hydrogen) atoms. The summed E-state index contributed by atoms with van der Waals surface area (Å²) in [4.78, 5) is 7.85. The van der Waals surface area contributed by atoms with Gasteiger partial charge in [-0.25, -0.2) is 0 Å². The van der Waals surface area contributed by atoms with Gasteiger partial charge in [0.2, 0.25) is 0 Å². The van der Waals surface area contributed by atoms with Crippen LogP contribution in [0.25, 0.3) is 0 Å². The third kappa shape index (κ3) is 6.10. The normalized spacial score (nSPS) is 21.8. The van der Waals surface area contributed by atoms with Crippen LogP contribution in [0.4, 0.5) is 0 Å². The lowest BCUT2D eigenvalue weighted by atomic mass is 9.97. The van der Waals surface area contributed by atoms with Gasteiger partial charge in [0, 0.05) is 50.9 Å². The summed E-state index contributed by atoms with van der Waals surface area (Å²) in [6.07, 6.45) is 3.36. The van der Waals surface area contributed by atoms with E-state index in [9.17, 15) is 5.11 Å². The Labute approximate surface area is 193 Å². The molecule has 174 valence electrons. The fourth-order valence-corrected chi connectivity index (χ4v) is 5.29. The monoisotopic (exact) mass is 437 g/mol. The first-order chi connectivity index (χ1) is 15.6. The first-order valence-electron chi connectivity index (χ1n) is 12.3. The number of likely N-dealkylation sites (tertiary alicyclic amines) is 1. The molecule has 2 heterocycles. The van der Waals surface area contributed by atoms with Crippen molar-refractivity contribution in [3.05, 3.63) is 60.2 Å². The summed E-state index contributed by atoms with van der Waals surface area (Å²) in [7, 11) is 0. The van der Waals surface area contributed by atoms with Gasteiger partial charge in [-0.2, -0.15) is 0 Å². The zero-order valence-electron chi connectivity index (χ0n) is 19.7. The predicted molar refractivity (Wildman–Crippen MR) is 130 cm³/mol. The Morgan fingerprint density at radius 1 is 0.938 bits per heavy atom. The van der Waals surface area contributed by atoms with Crippen LogP contribution in [-0.2, 0) is 6.54 Å². The molecule has 5 heteroatoms. The minimum atomic E-state index is 0.264. The molecule has 4 rings (SSSR count). The van der Waals surface area contributed by atoms with Crippen molar-refractivity contribution in [3.8, 4) is 11.5 Å². The maximum absolute atomic E-state index is 9.73. The van der Waals surface area contributed by atoms with Crippen molar-refractivity contribution in [1.82, 2.24) is 14.7 Å². The standard InChI is InChI=1S/C27H39N3O2/c1-22(2)29-14-11-24(12-15-29)30-17-16-28(21-25(30)13-18-31)20-23-7-6-10-27(19-23)32-26-8-4-3-5-9-26/h3-10,19,22,24-25,31H,11-18,20-21H2,1-2H3/t25-/m1/s1. The van der Waals surface area contributed by atoms with Crippen molar-refractivity contribution in [3.63, 3.8) is 0 Å². The molecule has 2 aliphatic heterocycles. The summed E-state index contributed by atoms with van der Waals surface area (Å²) in [6, 6.07) is 20.1. The number of hydrogen-bond donors (Lipinski definition) is 1. The maximum Gasteiger partial charge on any atom is 0.127 e. The van der Waals surface area contributed by atoms with Gasteiger partial charge in [-0.15, -0.1) is 0 Å². The number of aliphatic hydroxyl groups is 1. The van der Waals surface area contributed by atoms with Crippen molar-refractivity contribution in [2.75, 3.05) is 39.3 Å². The molecular weight excluding hydrogens is 398 g/mol. The Balaban J connectivity index is 1.34. The van der Waals surface area contributed by atoms with E-state index in [0.717, 1.165) is 44.1 Å². The Morgan fingerprint density at radius 2 is 1.69 bits per heavy atom. The van der Waals surface area contributed by atoms with Crippen LogP contribution in [0.1, 0.15) is 38.7 Å². The molecule has 2 saturated heterocycles. The second-order valence-electron chi connectivity index (χ2n) is 9.56. The third-order valence-corrected chi connectivity index (χ3v) is 7.06. The molecule has 2 fully saturated rings. The molecule has 2 aromatic rings. The van der Waals surface area contributed by atoms with Gasteiger partial charge < -0.3 is 14.7 Å². The minimum absolute atomic E-state index is 0.264. The summed E-state index contributed by atoms with van der Waals surface area (Å²) >= 11 is 0. The quantitative estimate of drug-likeness (QED) is 0.670. The maximum atomic E-state index is 9.73. The number of rotatable bonds is 8. The molecule has 0 radical (unpaired) electrons. The Kier molecular flexibility index (Phi) is 8.20. The molecule has 0 amide bonds. The Bertz CT molecular complexity index is 821. The molecule has 0 unspecified atom stereocenters. The van der Waals surface area contributed by atoms with E-state index in [0.29, 0.717) is 18.1 Å². The number of piperidine rings is 1. The van der Waals surface area contributed by atoms with Crippen LogP contribution in [0.3, 0.4) is 0 Å². The zero-order chi connectivity index (χ0) is 22.3. The second-order valence-corrected chi connectivity index (χ2v) is 9.56. The second kappa shape index (κ2) is 11.3. The van der Waals surface area contributed by atoms with Crippen molar-refractivity contribution in [2.45, 2.75) is 57.8 Å². The first kappa shape index (κ1) is 23.2. The lowest BCUT2D eigenvalue weighted by Crippen LogP contribution is -2.58. The average Bonchev–Trinajstić information content (AvgIpc) is 2.81. The van der Waals surface area contributed by atoms with E-state index < -0.39 is 0 Å². The van der Waals surface area contributed by atoms with Gasteiger partial charge in [0.05, 0.1) is 0 Å². The van der Waals surface area contributed by atoms with Crippen LogP contribution in [0, 0.1) is 0 Å². The van der Waals surface area contributed by atoms with E-state index in [1.807, 2.05) is 36.4 Å². The molecule has 2 aromatic carbocycles. The fraction of sp³-hybridized carbons (Fsp3) is 0.556. The van der Waals surface area contributed by atoms with Crippen molar-refractivity contribution in [1.29, 1.82) is 0 Å². The number of piperazine rings is 1. The van der Waals surface area contributed by atoms with Crippen LogP contribution < -0.4 is 4.74 Å². The Morgan fingerprint density at radius 3 is 2.41 bits per heavy atom. The molecular formula is C27H39N3O2. The van der Waals surface area contributed by atoms with Crippen molar-refractivity contribution < 1.29 is 9.84 Å². The summed E-state index contributed by atoms with van der Waals surface area (Å²) in [5.74, 6) is 1.75. The van der Waals surface area contributed by atoms with Gasteiger partial charge in [0.25, 0.3) is 0 Å². The first-order valence-corrected chi connectivity index (χ1v) is 12.3. The molecule has 1 atom stereocenters. The van der Waals surface area contributed by atoms with Gasteiger partial charge in [-0.05, 0) is 76.0 Å². The van der Waals surface area contributed by atoms with E-state index in [1.165, 1.54) is 31.5 Å². The summed E-state index contributed by atoms with van der Waals surface area (Å²) in [5, 5.41) is 9.73. The number of para-hydroxylation sites is 1. The third-order valence-electron chi connectivity index (χ3n) is 7.06. The fourth-order valence-electron chi connectivity index (χ4n) is 5.29. The van der Waals surface area contributed by atoms with E-state index >= 15 is 0 Å². The van der Waals surface area contributed by atoms with Crippen LogP contribution >= 0.6 is 0 Å². The summed E-state index contributed by atoms with van der Waals surface area (Å²) in [5.41, 5.74) is 1.28. The highest BCUT2D eigenvalue weighted by Crippen LogP contribution is 2.26. The van der Waals surface area contributed by atoms with E-state index in [2.05, 4.69) is 46.7 Å². The number of nitrogens with zero attached hydrogens (tertiary/aromatic N) is 3. The summed E-state index contributed by atoms with van der Waals surface area (Å²) in [6.45, 7) is 11.4. The molecule has 0 aliphatic carbocycles. The molecule has 0 aromatic heterocycles. The van der Waals surface area contributed by atoms with Crippen molar-refractivity contribution >= 4 is 0 Å². The smallest absolute Gasteiger partial charge is 0.127 e. The van der Waals surface area contributed by atoms with Gasteiger partial charge in [0.15, 0.2) is 0 Å². The van der Waals surface area contributed by atoms with E-state index in [-0.39, 0.29) is 6.61 Å². The van der Waals surface area contributed by atoms with Gasteiger partial charge in [0.1, 0.15) is 11.5 Å². The highest BCUT2D eigenvalue weighted by Gasteiger charge is 2.33. The van der Waals surface area contributed by atoms with Crippen LogP contribution in [0.2, 0.25) is 0 Å². The number of aliphatic hydroxyl groups excluding tert-OH is 1. The average molecular weight is 438 g/mol. The molecule has 0 bridgehead atoms. The van der Waals surface area contributed by atoms with Gasteiger partial charge in [-0.1, -0.05) is 30.3 Å². The van der Waals surface area contributed by atoms with Crippen LogP contribution in [-0.4, -0.2) is 77.3 Å². The largest absolute Gasteiger partial charge is 0.457 e. The predicted octanol–water partition coefficient (Wildman–Crippen LogP) is 4.22. The van der Waals surface area contributed by atoms with Crippen LogP contribution in [0.15, 0.2) is 54.6 Å². The molecule has 1 N–H and O–H groups in total. The molecule has 0 saturated carbocycles. The van der Waals surface area contributed by atoms with E-state index in [4.69, 9.17) is 4.74 Å². The minimum Gasteiger partial charge on any atom is -0.457 e. The highest BCUT2D eigenvalue weighted by atomic mass is 16.5.